The summed E-state index contributed by atoms with van der Waals surface area (Å²) in [5.74, 6) is 0.0676. The third-order valence-electron chi connectivity index (χ3n) is 3.55. The summed E-state index contributed by atoms with van der Waals surface area (Å²) in [5, 5.41) is 0. The molecule has 0 bridgehead atoms. The highest BCUT2D eigenvalue weighted by Gasteiger charge is 2.27. The monoisotopic (exact) mass is 266 g/mol. The highest BCUT2D eigenvalue weighted by atomic mass is 19.1. The SMILES string of the molecule is COc1ccc(C(=O)N2CCC(CCN)C2)c(F)c1. The Balaban J connectivity index is 2.08. The van der Waals surface area contributed by atoms with Crippen LogP contribution in [-0.4, -0.2) is 37.6 Å². The van der Waals surface area contributed by atoms with E-state index in [1.807, 2.05) is 0 Å². The zero-order valence-electron chi connectivity index (χ0n) is 11.1. The van der Waals surface area contributed by atoms with Crippen LogP contribution in [0.5, 0.6) is 5.75 Å². The van der Waals surface area contributed by atoms with Crippen LogP contribution >= 0.6 is 0 Å². The van der Waals surface area contributed by atoms with Crippen molar-refractivity contribution >= 4 is 5.91 Å². The fraction of sp³-hybridized carbons (Fsp3) is 0.500. The molecule has 1 aromatic rings. The first kappa shape index (κ1) is 13.8. The molecule has 5 heteroatoms. The molecule has 1 aliphatic heterocycles. The number of nitrogens with two attached hydrogens (primary N) is 1. The van der Waals surface area contributed by atoms with Gasteiger partial charge in [-0.1, -0.05) is 0 Å². The van der Waals surface area contributed by atoms with Gasteiger partial charge in [0.15, 0.2) is 0 Å². The molecule has 1 heterocycles. The molecular weight excluding hydrogens is 247 g/mol. The third kappa shape index (κ3) is 3.04. The first-order chi connectivity index (χ1) is 9.15. The van der Waals surface area contributed by atoms with E-state index in [2.05, 4.69) is 0 Å². The van der Waals surface area contributed by atoms with E-state index in [0.29, 0.717) is 31.3 Å². The lowest BCUT2D eigenvalue weighted by atomic mass is 10.1. The minimum absolute atomic E-state index is 0.106. The van der Waals surface area contributed by atoms with Crippen LogP contribution in [0, 0.1) is 11.7 Å². The zero-order chi connectivity index (χ0) is 13.8. The van der Waals surface area contributed by atoms with Crippen molar-refractivity contribution in [2.24, 2.45) is 11.7 Å². The molecule has 1 aliphatic rings. The van der Waals surface area contributed by atoms with E-state index in [4.69, 9.17) is 10.5 Å². The van der Waals surface area contributed by atoms with Gasteiger partial charge in [-0.05, 0) is 37.4 Å². The maximum atomic E-state index is 13.8. The number of hydrogen-bond acceptors (Lipinski definition) is 3. The van der Waals surface area contributed by atoms with Crippen LogP contribution in [0.25, 0.3) is 0 Å². The summed E-state index contributed by atoms with van der Waals surface area (Å²) >= 11 is 0. The number of benzene rings is 1. The molecule has 4 nitrogen and oxygen atoms in total. The van der Waals surface area contributed by atoms with Gasteiger partial charge in [-0.3, -0.25) is 4.79 Å². The zero-order valence-corrected chi connectivity index (χ0v) is 11.1. The van der Waals surface area contributed by atoms with E-state index in [-0.39, 0.29) is 11.5 Å². The number of likely N-dealkylation sites (tertiary alicyclic amines) is 1. The van der Waals surface area contributed by atoms with E-state index < -0.39 is 5.82 Å². The number of carbonyl (C=O) groups is 1. The molecule has 0 spiro atoms. The number of carbonyl (C=O) groups excluding carboxylic acids is 1. The Bertz CT molecular complexity index is 465. The van der Waals surface area contributed by atoms with Crippen LogP contribution in [0.4, 0.5) is 4.39 Å². The molecule has 19 heavy (non-hydrogen) atoms. The van der Waals surface area contributed by atoms with Crippen LogP contribution < -0.4 is 10.5 Å². The molecule has 1 amide bonds. The van der Waals surface area contributed by atoms with Gasteiger partial charge in [0.25, 0.3) is 5.91 Å². The molecule has 1 atom stereocenters. The molecule has 1 aromatic carbocycles. The molecule has 2 N–H and O–H groups in total. The normalized spacial score (nSPS) is 18.7. The number of amides is 1. The second-order valence-electron chi connectivity index (χ2n) is 4.83. The van der Waals surface area contributed by atoms with Gasteiger partial charge in [0, 0.05) is 19.2 Å². The van der Waals surface area contributed by atoms with E-state index in [9.17, 15) is 9.18 Å². The lowest BCUT2D eigenvalue weighted by Gasteiger charge is -2.17. The van der Waals surface area contributed by atoms with Gasteiger partial charge in [-0.25, -0.2) is 4.39 Å². The fourth-order valence-corrected chi connectivity index (χ4v) is 2.46. The number of ether oxygens (including phenoxy) is 1. The summed E-state index contributed by atoms with van der Waals surface area (Å²) in [5.41, 5.74) is 5.63. The van der Waals surface area contributed by atoms with Gasteiger partial charge >= 0.3 is 0 Å². The third-order valence-corrected chi connectivity index (χ3v) is 3.55. The molecule has 0 radical (unpaired) electrons. The lowest BCUT2D eigenvalue weighted by molar-refractivity contribution is 0.0782. The summed E-state index contributed by atoms with van der Waals surface area (Å²) in [6.07, 6.45) is 1.86. The Morgan fingerprint density at radius 2 is 2.37 bits per heavy atom. The molecule has 0 aliphatic carbocycles. The van der Waals surface area contributed by atoms with Crippen LogP contribution in [-0.2, 0) is 0 Å². The Kier molecular flexibility index (Phi) is 4.37. The summed E-state index contributed by atoms with van der Waals surface area (Å²) in [4.78, 5) is 13.9. The van der Waals surface area contributed by atoms with Gasteiger partial charge in [-0.15, -0.1) is 0 Å². The summed E-state index contributed by atoms with van der Waals surface area (Å²) in [7, 11) is 1.47. The predicted octanol–water partition coefficient (Wildman–Crippen LogP) is 1.65. The standard InChI is InChI=1S/C14H19FN2O2/c1-19-11-2-3-12(13(15)8-11)14(18)17-7-5-10(9-17)4-6-16/h2-3,8,10H,4-7,9,16H2,1H3. The van der Waals surface area contributed by atoms with Gasteiger partial charge < -0.3 is 15.4 Å². The lowest BCUT2D eigenvalue weighted by Crippen LogP contribution is -2.29. The largest absolute Gasteiger partial charge is 0.497 e. The van der Waals surface area contributed by atoms with Crippen molar-refractivity contribution < 1.29 is 13.9 Å². The Labute approximate surface area is 112 Å². The topological polar surface area (TPSA) is 55.6 Å². The molecule has 1 fully saturated rings. The molecule has 1 unspecified atom stereocenters. The number of halogens is 1. The van der Waals surface area contributed by atoms with E-state index in [1.54, 1.807) is 11.0 Å². The smallest absolute Gasteiger partial charge is 0.256 e. The Hall–Kier alpha value is -1.62. The van der Waals surface area contributed by atoms with Gasteiger partial charge in [0.1, 0.15) is 11.6 Å². The molecule has 2 rings (SSSR count). The first-order valence-electron chi connectivity index (χ1n) is 6.48. The average molecular weight is 266 g/mol. The van der Waals surface area contributed by atoms with Crippen molar-refractivity contribution in [1.29, 1.82) is 0 Å². The van der Waals surface area contributed by atoms with Crippen molar-refractivity contribution in [2.45, 2.75) is 12.8 Å². The van der Waals surface area contributed by atoms with Gasteiger partial charge in [0.05, 0.1) is 12.7 Å². The number of methoxy groups -OCH3 is 1. The Morgan fingerprint density at radius 3 is 3.00 bits per heavy atom. The van der Waals surface area contributed by atoms with E-state index in [0.717, 1.165) is 12.8 Å². The fourth-order valence-electron chi connectivity index (χ4n) is 2.46. The van der Waals surface area contributed by atoms with Crippen LogP contribution in [0.3, 0.4) is 0 Å². The first-order valence-corrected chi connectivity index (χ1v) is 6.48. The minimum atomic E-state index is -0.536. The van der Waals surface area contributed by atoms with Crippen molar-refractivity contribution in [2.75, 3.05) is 26.7 Å². The summed E-state index contributed by atoms with van der Waals surface area (Å²) in [6, 6.07) is 4.32. The van der Waals surface area contributed by atoms with Crippen molar-refractivity contribution in [1.82, 2.24) is 4.90 Å². The predicted molar refractivity (Wildman–Crippen MR) is 70.6 cm³/mol. The summed E-state index contributed by atoms with van der Waals surface area (Å²) < 4.78 is 18.8. The minimum Gasteiger partial charge on any atom is -0.497 e. The quantitative estimate of drug-likeness (QED) is 0.901. The molecule has 0 aromatic heterocycles. The van der Waals surface area contributed by atoms with E-state index in [1.165, 1.54) is 19.2 Å². The van der Waals surface area contributed by atoms with Crippen molar-refractivity contribution in [3.8, 4) is 5.75 Å². The Morgan fingerprint density at radius 1 is 1.58 bits per heavy atom. The van der Waals surface area contributed by atoms with Crippen molar-refractivity contribution in [3.63, 3.8) is 0 Å². The highest BCUT2D eigenvalue weighted by molar-refractivity contribution is 5.94. The van der Waals surface area contributed by atoms with Gasteiger partial charge in [-0.2, -0.15) is 0 Å². The molecular formula is C14H19FN2O2. The van der Waals surface area contributed by atoms with E-state index >= 15 is 0 Å². The summed E-state index contributed by atoms with van der Waals surface area (Å²) in [6.45, 7) is 1.97. The number of nitrogens with zero attached hydrogens (tertiary/aromatic N) is 1. The van der Waals surface area contributed by atoms with Crippen molar-refractivity contribution in [3.05, 3.63) is 29.6 Å². The second-order valence-corrected chi connectivity index (χ2v) is 4.83. The maximum absolute atomic E-state index is 13.8. The highest BCUT2D eigenvalue weighted by Crippen LogP contribution is 2.23. The van der Waals surface area contributed by atoms with Gasteiger partial charge in [0.2, 0.25) is 0 Å². The maximum Gasteiger partial charge on any atom is 0.256 e. The average Bonchev–Trinajstić information content (AvgIpc) is 2.87. The molecule has 0 saturated carbocycles. The molecule has 104 valence electrons. The van der Waals surface area contributed by atoms with Crippen LogP contribution in [0.15, 0.2) is 18.2 Å². The molecule has 1 saturated heterocycles. The number of rotatable bonds is 4. The number of hydrogen-bond donors (Lipinski definition) is 1. The van der Waals surface area contributed by atoms with Crippen LogP contribution in [0.2, 0.25) is 0 Å². The second kappa shape index (κ2) is 6.02. The van der Waals surface area contributed by atoms with Crippen LogP contribution in [0.1, 0.15) is 23.2 Å².